The van der Waals surface area contributed by atoms with Crippen LogP contribution in [0.5, 0.6) is 0 Å². The highest BCUT2D eigenvalue weighted by atomic mass is 35.5. The summed E-state index contributed by atoms with van der Waals surface area (Å²) >= 11 is 0. The van der Waals surface area contributed by atoms with Crippen LogP contribution < -0.4 is 5.73 Å². The lowest BCUT2D eigenvalue weighted by Gasteiger charge is -2.29. The van der Waals surface area contributed by atoms with Gasteiger partial charge in [-0.3, -0.25) is 0 Å². The molecule has 66 valence electrons. The summed E-state index contributed by atoms with van der Waals surface area (Å²) in [5, 5.41) is 0. The lowest BCUT2D eigenvalue weighted by Crippen LogP contribution is -2.36. The van der Waals surface area contributed by atoms with Crippen molar-refractivity contribution in [2.24, 2.45) is 11.1 Å². The van der Waals surface area contributed by atoms with E-state index in [2.05, 4.69) is 6.92 Å². The lowest BCUT2D eigenvalue weighted by atomic mass is 9.76. The Morgan fingerprint density at radius 1 is 1.55 bits per heavy atom. The molecule has 0 aromatic heterocycles. The van der Waals surface area contributed by atoms with E-state index in [1.54, 1.807) is 0 Å². The van der Waals surface area contributed by atoms with Crippen LogP contribution in [0.2, 0.25) is 0 Å². The Hall–Kier alpha value is 0.210. The average molecular weight is 178 g/mol. The van der Waals surface area contributed by atoms with Crippen LogP contribution >= 0.6 is 12.4 Å². The molecule has 2 bridgehead atoms. The largest absolute Gasteiger partial charge is 0.374 e. The molecule has 2 rings (SSSR count). The number of rotatable bonds is 1. The summed E-state index contributed by atoms with van der Waals surface area (Å²) in [5.74, 6) is 0. The molecule has 0 spiro atoms. The maximum Gasteiger partial charge on any atom is 0.0646 e. The van der Waals surface area contributed by atoms with Gasteiger partial charge >= 0.3 is 0 Å². The van der Waals surface area contributed by atoms with Gasteiger partial charge in [-0.1, -0.05) is 6.92 Å². The van der Waals surface area contributed by atoms with Crippen molar-refractivity contribution in [3.05, 3.63) is 0 Å². The summed E-state index contributed by atoms with van der Waals surface area (Å²) in [7, 11) is 0. The molecule has 3 unspecified atom stereocenters. The zero-order valence-corrected chi connectivity index (χ0v) is 7.69. The van der Waals surface area contributed by atoms with Crippen molar-refractivity contribution in [2.45, 2.75) is 38.4 Å². The smallest absolute Gasteiger partial charge is 0.0646 e. The van der Waals surface area contributed by atoms with Gasteiger partial charge in [0.25, 0.3) is 0 Å². The standard InChI is InChI=1S/C8H15NO.ClH/c1-8(5-9)4-6-2-3-7(8)10-6;/h6-7H,2-5,9H2,1H3;1H. The predicted molar refractivity (Wildman–Crippen MR) is 46.9 cm³/mol. The Morgan fingerprint density at radius 2 is 2.27 bits per heavy atom. The molecule has 2 heterocycles. The minimum Gasteiger partial charge on any atom is -0.374 e. The summed E-state index contributed by atoms with van der Waals surface area (Å²) in [4.78, 5) is 0. The maximum absolute atomic E-state index is 5.70. The van der Waals surface area contributed by atoms with Crippen LogP contribution in [0, 0.1) is 5.41 Å². The van der Waals surface area contributed by atoms with Crippen molar-refractivity contribution >= 4 is 12.4 Å². The predicted octanol–water partition coefficient (Wildman–Crippen LogP) is 1.32. The molecular weight excluding hydrogens is 162 g/mol. The van der Waals surface area contributed by atoms with E-state index in [1.165, 1.54) is 19.3 Å². The highest BCUT2D eigenvalue weighted by molar-refractivity contribution is 5.85. The minimum absolute atomic E-state index is 0. The van der Waals surface area contributed by atoms with Crippen LogP contribution in [-0.2, 0) is 4.74 Å². The van der Waals surface area contributed by atoms with Gasteiger partial charge in [0.05, 0.1) is 12.2 Å². The van der Waals surface area contributed by atoms with Gasteiger partial charge in [-0.2, -0.15) is 0 Å². The van der Waals surface area contributed by atoms with Crippen LogP contribution in [0.3, 0.4) is 0 Å². The molecule has 0 saturated carbocycles. The summed E-state index contributed by atoms with van der Waals surface area (Å²) in [6.45, 7) is 3.03. The number of halogens is 1. The first-order chi connectivity index (χ1) is 4.74. The second kappa shape index (κ2) is 2.92. The van der Waals surface area contributed by atoms with Crippen LogP contribution in [0.15, 0.2) is 0 Å². The van der Waals surface area contributed by atoms with Gasteiger partial charge < -0.3 is 10.5 Å². The fraction of sp³-hybridized carbons (Fsp3) is 1.00. The second-order valence-electron chi connectivity index (χ2n) is 3.89. The molecule has 0 aromatic carbocycles. The highest BCUT2D eigenvalue weighted by Gasteiger charge is 2.48. The van der Waals surface area contributed by atoms with Crippen LogP contribution in [-0.4, -0.2) is 18.8 Å². The molecule has 2 fully saturated rings. The van der Waals surface area contributed by atoms with E-state index in [0.29, 0.717) is 17.6 Å². The van der Waals surface area contributed by atoms with Crippen molar-refractivity contribution in [3.8, 4) is 0 Å². The number of hydrogen-bond acceptors (Lipinski definition) is 2. The first-order valence-corrected chi connectivity index (χ1v) is 4.10. The van der Waals surface area contributed by atoms with Gasteiger partial charge in [-0.25, -0.2) is 0 Å². The van der Waals surface area contributed by atoms with Crippen LogP contribution in [0.1, 0.15) is 26.2 Å². The van der Waals surface area contributed by atoms with Crippen molar-refractivity contribution in [1.29, 1.82) is 0 Å². The van der Waals surface area contributed by atoms with E-state index in [0.717, 1.165) is 6.54 Å². The number of ether oxygens (including phenoxy) is 1. The van der Waals surface area contributed by atoms with Gasteiger partial charge in [-0.05, 0) is 19.3 Å². The third kappa shape index (κ3) is 1.28. The molecule has 2 aliphatic heterocycles. The third-order valence-electron chi connectivity index (χ3n) is 3.05. The Labute approximate surface area is 73.9 Å². The van der Waals surface area contributed by atoms with Gasteiger partial charge in [0.1, 0.15) is 0 Å². The normalized spacial score (nSPS) is 47.5. The molecule has 2 aliphatic rings. The number of fused-ring (bicyclic) bond motifs is 2. The summed E-state index contributed by atoms with van der Waals surface area (Å²) in [6, 6.07) is 0. The monoisotopic (exact) mass is 177 g/mol. The topological polar surface area (TPSA) is 35.2 Å². The van der Waals surface area contributed by atoms with E-state index >= 15 is 0 Å². The van der Waals surface area contributed by atoms with Crippen LogP contribution in [0.4, 0.5) is 0 Å². The van der Waals surface area contributed by atoms with Gasteiger partial charge in [0.2, 0.25) is 0 Å². The molecule has 11 heavy (non-hydrogen) atoms. The molecule has 2 saturated heterocycles. The summed E-state index contributed by atoms with van der Waals surface area (Å²) in [6.07, 6.45) is 4.70. The minimum atomic E-state index is 0. The summed E-state index contributed by atoms with van der Waals surface area (Å²) in [5.41, 5.74) is 5.98. The molecule has 0 aromatic rings. The maximum atomic E-state index is 5.70. The third-order valence-corrected chi connectivity index (χ3v) is 3.05. The zero-order valence-electron chi connectivity index (χ0n) is 6.88. The van der Waals surface area contributed by atoms with E-state index in [1.807, 2.05) is 0 Å². The first-order valence-electron chi connectivity index (χ1n) is 4.10. The fourth-order valence-corrected chi connectivity index (χ4v) is 2.23. The van der Waals surface area contributed by atoms with E-state index < -0.39 is 0 Å². The number of nitrogens with two attached hydrogens (primary N) is 1. The Kier molecular flexibility index (Phi) is 2.47. The van der Waals surface area contributed by atoms with Gasteiger partial charge in [-0.15, -0.1) is 12.4 Å². The number of hydrogen-bond donors (Lipinski definition) is 1. The van der Waals surface area contributed by atoms with Crippen molar-refractivity contribution in [1.82, 2.24) is 0 Å². The fourth-order valence-electron chi connectivity index (χ4n) is 2.23. The van der Waals surface area contributed by atoms with E-state index in [-0.39, 0.29) is 12.4 Å². The lowest BCUT2D eigenvalue weighted by molar-refractivity contribution is 0.0704. The zero-order chi connectivity index (χ0) is 7.19. The molecule has 0 amide bonds. The van der Waals surface area contributed by atoms with E-state index in [4.69, 9.17) is 10.5 Å². The molecule has 0 radical (unpaired) electrons. The Balaban J connectivity index is 0.000000605. The van der Waals surface area contributed by atoms with Crippen molar-refractivity contribution in [2.75, 3.05) is 6.54 Å². The molecule has 0 aliphatic carbocycles. The molecule has 3 atom stereocenters. The van der Waals surface area contributed by atoms with Gasteiger partial charge in [0.15, 0.2) is 0 Å². The quantitative estimate of drug-likeness (QED) is 0.656. The van der Waals surface area contributed by atoms with Crippen molar-refractivity contribution < 1.29 is 4.74 Å². The average Bonchev–Trinajstić information content (AvgIpc) is 2.46. The SMILES string of the molecule is CC1(CN)CC2CCC1O2.Cl. The van der Waals surface area contributed by atoms with Gasteiger partial charge in [0, 0.05) is 12.0 Å². The molecule has 3 heteroatoms. The van der Waals surface area contributed by atoms with Crippen molar-refractivity contribution in [3.63, 3.8) is 0 Å². The Morgan fingerprint density at radius 3 is 2.55 bits per heavy atom. The molecule has 2 nitrogen and oxygen atoms in total. The second-order valence-corrected chi connectivity index (χ2v) is 3.89. The highest BCUT2D eigenvalue weighted by Crippen LogP contribution is 2.46. The first kappa shape index (κ1) is 9.30. The molecular formula is C8H16ClNO. The molecule has 2 N–H and O–H groups in total. The van der Waals surface area contributed by atoms with E-state index in [9.17, 15) is 0 Å². The Bertz CT molecular complexity index is 153. The van der Waals surface area contributed by atoms with Crippen LogP contribution in [0.25, 0.3) is 0 Å². The summed E-state index contributed by atoms with van der Waals surface area (Å²) < 4.78 is 5.70.